The fraction of sp³-hybridized carbons (Fsp3) is 0.276. The van der Waals surface area contributed by atoms with Gasteiger partial charge in [0.15, 0.2) is 0 Å². The van der Waals surface area contributed by atoms with Crippen molar-refractivity contribution >= 4 is 5.84 Å². The van der Waals surface area contributed by atoms with Gasteiger partial charge < -0.3 is 10.0 Å². The van der Waals surface area contributed by atoms with Crippen molar-refractivity contribution in [3.63, 3.8) is 0 Å². The smallest absolute Gasteiger partial charge is 0.204 e. The van der Waals surface area contributed by atoms with Crippen LogP contribution in [0, 0.1) is 17.5 Å². The molecule has 0 saturated carbocycles. The standard InChI is InChI=1S/C29H29F3N6O/c1-5-25(20-11-22(30)13-23(31)12-20)38-28(21-14-34-36(4)15-21)35-17(2)26(29(38)39)18(3)37-10-8-19(16-37)27-24(32)7-6-9-33-27/h6-7,9,11-15,19,25,39H,2-3,5,8,10,16H2,1,4H3/t19?,25-/m0/s1. The van der Waals surface area contributed by atoms with Gasteiger partial charge in [0.2, 0.25) is 5.88 Å². The van der Waals surface area contributed by atoms with Crippen LogP contribution in [0.2, 0.25) is 0 Å². The number of aliphatic hydroxyl groups is 1. The first-order valence-corrected chi connectivity index (χ1v) is 12.7. The first-order chi connectivity index (χ1) is 18.7. The predicted molar refractivity (Wildman–Crippen MR) is 142 cm³/mol. The first kappa shape index (κ1) is 26.3. The van der Waals surface area contributed by atoms with E-state index < -0.39 is 17.7 Å². The van der Waals surface area contributed by atoms with Crippen molar-refractivity contribution < 1.29 is 18.3 Å². The minimum absolute atomic E-state index is 0.147. The fourth-order valence-electron chi connectivity index (χ4n) is 5.34. The molecular weight excluding hydrogens is 505 g/mol. The van der Waals surface area contributed by atoms with Crippen molar-refractivity contribution in [1.82, 2.24) is 24.6 Å². The van der Waals surface area contributed by atoms with Gasteiger partial charge in [-0.3, -0.25) is 14.6 Å². The van der Waals surface area contributed by atoms with Crippen LogP contribution in [0.5, 0.6) is 0 Å². The second-order valence-corrected chi connectivity index (χ2v) is 9.73. The van der Waals surface area contributed by atoms with Gasteiger partial charge in [0.1, 0.15) is 23.3 Å². The summed E-state index contributed by atoms with van der Waals surface area (Å²) >= 11 is 0. The Kier molecular flexibility index (Phi) is 7.03. The molecule has 202 valence electrons. The Morgan fingerprint density at radius 3 is 2.59 bits per heavy atom. The van der Waals surface area contributed by atoms with Crippen molar-refractivity contribution in [2.75, 3.05) is 13.1 Å². The van der Waals surface area contributed by atoms with Crippen molar-refractivity contribution in [1.29, 1.82) is 0 Å². The maximum absolute atomic E-state index is 14.4. The molecule has 2 aliphatic rings. The Labute approximate surface area is 224 Å². The molecule has 3 aromatic rings. The van der Waals surface area contributed by atoms with E-state index >= 15 is 0 Å². The van der Waals surface area contributed by atoms with Crippen LogP contribution in [-0.2, 0) is 7.05 Å². The molecule has 1 unspecified atom stereocenters. The number of aliphatic imine (C=N–C) groups is 1. The summed E-state index contributed by atoms with van der Waals surface area (Å²) < 4.78 is 44.5. The molecule has 7 nitrogen and oxygen atoms in total. The summed E-state index contributed by atoms with van der Waals surface area (Å²) in [7, 11) is 1.75. The van der Waals surface area contributed by atoms with Crippen LogP contribution in [0.3, 0.4) is 0 Å². The molecule has 10 heteroatoms. The number of hydrogen-bond acceptors (Lipinski definition) is 6. The van der Waals surface area contributed by atoms with Gasteiger partial charge in [0, 0.05) is 50.2 Å². The average Bonchev–Trinajstić information content (AvgIpc) is 3.55. The number of likely N-dealkylation sites (tertiary alicyclic amines) is 1. The number of nitrogens with zero attached hydrogens (tertiary/aromatic N) is 6. The zero-order valence-corrected chi connectivity index (χ0v) is 21.8. The molecule has 1 saturated heterocycles. The maximum atomic E-state index is 14.4. The zero-order chi connectivity index (χ0) is 27.8. The first-order valence-electron chi connectivity index (χ1n) is 12.7. The minimum Gasteiger partial charge on any atom is -0.494 e. The predicted octanol–water partition coefficient (Wildman–Crippen LogP) is 5.73. The third-order valence-electron chi connectivity index (χ3n) is 7.17. The summed E-state index contributed by atoms with van der Waals surface area (Å²) in [4.78, 5) is 12.5. The molecule has 1 N–H and O–H groups in total. The van der Waals surface area contributed by atoms with E-state index in [9.17, 15) is 18.3 Å². The summed E-state index contributed by atoms with van der Waals surface area (Å²) in [6.07, 6.45) is 5.94. The van der Waals surface area contributed by atoms with Gasteiger partial charge in [0.05, 0.1) is 34.8 Å². The van der Waals surface area contributed by atoms with E-state index in [0.29, 0.717) is 59.9 Å². The molecule has 2 aliphatic heterocycles. The summed E-state index contributed by atoms with van der Waals surface area (Å²) in [5, 5.41) is 16.0. The lowest BCUT2D eigenvalue weighted by Gasteiger charge is -2.38. The molecule has 0 spiro atoms. The van der Waals surface area contributed by atoms with Gasteiger partial charge in [0.25, 0.3) is 0 Å². The second kappa shape index (κ2) is 10.4. The van der Waals surface area contributed by atoms with Gasteiger partial charge in [-0.25, -0.2) is 18.2 Å². The van der Waals surface area contributed by atoms with Crippen LogP contribution in [0.25, 0.3) is 0 Å². The van der Waals surface area contributed by atoms with Gasteiger partial charge in [-0.2, -0.15) is 5.10 Å². The Morgan fingerprint density at radius 2 is 1.95 bits per heavy atom. The summed E-state index contributed by atoms with van der Waals surface area (Å²) in [6, 6.07) is 5.58. The lowest BCUT2D eigenvalue weighted by Crippen LogP contribution is -2.39. The number of aromatic nitrogens is 3. The summed E-state index contributed by atoms with van der Waals surface area (Å²) in [5.41, 5.74) is 2.38. The number of pyridine rings is 1. The van der Waals surface area contributed by atoms with E-state index in [1.165, 1.54) is 18.2 Å². The Balaban J connectivity index is 1.54. The monoisotopic (exact) mass is 534 g/mol. The molecule has 2 aromatic heterocycles. The number of hydrogen-bond donors (Lipinski definition) is 1. The SMILES string of the molecule is C=C1N=C(c2cnn(C)c2)N([C@@H](CC)c2cc(F)cc(F)c2)C(O)=C1C(=C)N1CCC(c2ncccc2F)C1. The van der Waals surface area contributed by atoms with Gasteiger partial charge in [-0.05, 0) is 42.7 Å². The largest absolute Gasteiger partial charge is 0.494 e. The topological polar surface area (TPSA) is 69.8 Å². The van der Waals surface area contributed by atoms with Crippen LogP contribution < -0.4 is 0 Å². The highest BCUT2D eigenvalue weighted by Crippen LogP contribution is 2.40. The van der Waals surface area contributed by atoms with Crippen molar-refractivity contribution in [3.05, 3.63) is 119 Å². The normalized spacial score (nSPS) is 18.5. The Bertz CT molecular complexity index is 1490. The van der Waals surface area contributed by atoms with Gasteiger partial charge in [-0.15, -0.1) is 0 Å². The van der Waals surface area contributed by atoms with E-state index in [2.05, 4.69) is 23.2 Å². The van der Waals surface area contributed by atoms with Crippen LogP contribution in [0.4, 0.5) is 13.2 Å². The van der Waals surface area contributed by atoms with E-state index in [1.54, 1.807) is 41.3 Å². The zero-order valence-electron chi connectivity index (χ0n) is 21.8. The number of amidine groups is 1. The maximum Gasteiger partial charge on any atom is 0.204 e. The molecule has 1 fully saturated rings. The van der Waals surface area contributed by atoms with Gasteiger partial charge >= 0.3 is 0 Å². The number of rotatable bonds is 7. The molecular formula is C29H29F3N6O. The third-order valence-corrected chi connectivity index (χ3v) is 7.17. The Morgan fingerprint density at radius 1 is 1.21 bits per heavy atom. The fourth-order valence-corrected chi connectivity index (χ4v) is 5.34. The van der Waals surface area contributed by atoms with Crippen molar-refractivity contribution in [3.8, 4) is 0 Å². The van der Waals surface area contributed by atoms with Crippen molar-refractivity contribution in [2.45, 2.75) is 31.7 Å². The third kappa shape index (κ3) is 4.94. The summed E-state index contributed by atoms with van der Waals surface area (Å²) in [6.45, 7) is 11.2. The Hall–Kier alpha value is -4.34. The molecule has 1 aromatic carbocycles. The highest BCUT2D eigenvalue weighted by atomic mass is 19.1. The molecule has 0 amide bonds. The number of halogens is 3. The van der Waals surface area contributed by atoms with Crippen LogP contribution in [0.1, 0.15) is 48.5 Å². The van der Waals surface area contributed by atoms with Crippen LogP contribution >= 0.6 is 0 Å². The van der Waals surface area contributed by atoms with E-state index in [0.717, 1.165) is 6.07 Å². The number of aliphatic hydroxyl groups excluding tert-OH is 1. The number of benzene rings is 1. The highest BCUT2D eigenvalue weighted by Gasteiger charge is 2.37. The molecule has 5 rings (SSSR count). The van der Waals surface area contributed by atoms with E-state index in [1.807, 2.05) is 11.8 Å². The van der Waals surface area contributed by atoms with E-state index in [-0.39, 0.29) is 23.3 Å². The highest BCUT2D eigenvalue weighted by molar-refractivity contribution is 6.01. The molecule has 4 heterocycles. The average molecular weight is 535 g/mol. The van der Waals surface area contributed by atoms with Crippen molar-refractivity contribution in [2.24, 2.45) is 12.0 Å². The quantitative estimate of drug-likeness (QED) is 0.419. The summed E-state index contributed by atoms with van der Waals surface area (Å²) in [5.74, 6) is -1.79. The van der Waals surface area contributed by atoms with E-state index in [4.69, 9.17) is 4.99 Å². The van der Waals surface area contributed by atoms with Gasteiger partial charge in [-0.1, -0.05) is 20.1 Å². The number of aryl methyl sites for hydroxylation is 1. The van der Waals surface area contributed by atoms with Crippen LogP contribution in [0.15, 0.2) is 89.9 Å². The molecule has 2 atom stereocenters. The minimum atomic E-state index is -0.720. The lowest BCUT2D eigenvalue weighted by molar-refractivity contribution is 0.216. The molecule has 39 heavy (non-hydrogen) atoms. The molecule has 0 aliphatic carbocycles. The molecule has 0 bridgehead atoms. The molecule has 0 radical (unpaired) electrons. The second-order valence-electron chi connectivity index (χ2n) is 9.73. The van der Waals surface area contributed by atoms with Crippen LogP contribution in [-0.4, -0.2) is 48.6 Å². The lowest BCUT2D eigenvalue weighted by atomic mass is 9.98.